The number of benzene rings is 1. The molecule has 0 saturated carbocycles. The molecular weight excluding hydrogens is 158 g/mol. The lowest BCUT2D eigenvalue weighted by Crippen LogP contribution is -2.39. The molecule has 0 heterocycles. The van der Waals surface area contributed by atoms with Crippen molar-refractivity contribution in [1.29, 1.82) is 0 Å². The summed E-state index contributed by atoms with van der Waals surface area (Å²) in [6.45, 7) is 0. The molecule has 0 aromatic heterocycles. The SMILES string of the molecule is OB(O)OB(O)c1ccccc1. The fraction of sp³-hybridized carbons (Fsp3) is 0. The third-order valence-corrected chi connectivity index (χ3v) is 1.34. The molecule has 0 amide bonds. The molecule has 0 aliphatic rings. The molecule has 0 saturated heterocycles. The summed E-state index contributed by atoms with van der Waals surface area (Å²) in [7, 11) is -3.26. The number of hydrogen-bond acceptors (Lipinski definition) is 4. The molecule has 4 nitrogen and oxygen atoms in total. The second-order valence-electron chi connectivity index (χ2n) is 2.23. The molecule has 0 radical (unpaired) electrons. The highest BCUT2D eigenvalue weighted by atomic mass is 16.6. The Kier molecular flexibility index (Phi) is 3.30. The normalized spacial score (nSPS) is 9.58. The van der Waals surface area contributed by atoms with E-state index in [2.05, 4.69) is 4.57 Å². The molecule has 0 fully saturated rings. The van der Waals surface area contributed by atoms with E-state index < -0.39 is 14.4 Å². The van der Waals surface area contributed by atoms with Crippen LogP contribution in [-0.2, 0) is 4.57 Å². The van der Waals surface area contributed by atoms with Crippen LogP contribution < -0.4 is 5.46 Å². The second kappa shape index (κ2) is 4.27. The molecule has 0 spiro atoms. The highest BCUT2D eigenvalue weighted by molar-refractivity contribution is 6.65. The van der Waals surface area contributed by atoms with Crippen molar-refractivity contribution < 1.29 is 19.6 Å². The van der Waals surface area contributed by atoms with Crippen molar-refractivity contribution in [2.24, 2.45) is 0 Å². The molecule has 12 heavy (non-hydrogen) atoms. The van der Waals surface area contributed by atoms with Crippen molar-refractivity contribution in [3.05, 3.63) is 30.3 Å². The van der Waals surface area contributed by atoms with E-state index in [1.54, 1.807) is 30.3 Å². The molecule has 0 atom stereocenters. The maximum Gasteiger partial charge on any atom is 0.620 e. The Bertz CT molecular complexity index is 228. The van der Waals surface area contributed by atoms with E-state index >= 15 is 0 Å². The highest BCUT2D eigenvalue weighted by Gasteiger charge is 2.22. The van der Waals surface area contributed by atoms with Crippen LogP contribution in [0.15, 0.2) is 30.3 Å². The first-order valence-electron chi connectivity index (χ1n) is 3.45. The van der Waals surface area contributed by atoms with Crippen LogP contribution in [0.1, 0.15) is 0 Å². The quantitative estimate of drug-likeness (QED) is 0.470. The van der Waals surface area contributed by atoms with Crippen molar-refractivity contribution in [1.82, 2.24) is 0 Å². The summed E-state index contributed by atoms with van der Waals surface area (Å²) in [5, 5.41) is 25.9. The van der Waals surface area contributed by atoms with Gasteiger partial charge in [-0.2, -0.15) is 0 Å². The Labute approximate surface area is 70.7 Å². The Morgan fingerprint density at radius 2 is 1.58 bits per heavy atom. The van der Waals surface area contributed by atoms with Crippen molar-refractivity contribution in [2.75, 3.05) is 0 Å². The molecule has 0 bridgehead atoms. The third kappa shape index (κ3) is 2.67. The van der Waals surface area contributed by atoms with Crippen LogP contribution in [-0.4, -0.2) is 29.5 Å². The Morgan fingerprint density at radius 3 is 2.08 bits per heavy atom. The van der Waals surface area contributed by atoms with Gasteiger partial charge in [0.05, 0.1) is 0 Å². The first-order chi connectivity index (χ1) is 5.70. The van der Waals surface area contributed by atoms with Gasteiger partial charge in [0, 0.05) is 0 Å². The zero-order chi connectivity index (χ0) is 8.97. The van der Waals surface area contributed by atoms with Crippen LogP contribution in [0.4, 0.5) is 0 Å². The largest absolute Gasteiger partial charge is 0.620 e. The third-order valence-electron chi connectivity index (χ3n) is 1.34. The lowest BCUT2D eigenvalue weighted by Gasteiger charge is -2.06. The molecule has 1 rings (SSSR count). The van der Waals surface area contributed by atoms with Crippen molar-refractivity contribution >= 4 is 19.9 Å². The average Bonchev–Trinajstić information content (AvgIpc) is 2.05. The standard InChI is InChI=1S/C6H8B2O4/c9-7(12-8(10)11)6-4-2-1-3-5-6/h1-5,9-11H. The van der Waals surface area contributed by atoms with Gasteiger partial charge in [-0.3, -0.25) is 0 Å². The molecular formula is C6H8B2O4. The van der Waals surface area contributed by atoms with E-state index in [-0.39, 0.29) is 0 Å². The maximum absolute atomic E-state index is 9.15. The van der Waals surface area contributed by atoms with Gasteiger partial charge in [0.1, 0.15) is 0 Å². The number of rotatable bonds is 3. The minimum absolute atomic E-state index is 0.477. The van der Waals surface area contributed by atoms with Crippen LogP contribution in [0, 0.1) is 0 Å². The van der Waals surface area contributed by atoms with Gasteiger partial charge in [0.2, 0.25) is 0 Å². The fourth-order valence-corrected chi connectivity index (χ4v) is 0.812. The first-order valence-corrected chi connectivity index (χ1v) is 3.45. The molecule has 3 N–H and O–H groups in total. The monoisotopic (exact) mass is 166 g/mol. The van der Waals surface area contributed by atoms with Crippen molar-refractivity contribution in [2.45, 2.75) is 0 Å². The van der Waals surface area contributed by atoms with E-state index in [9.17, 15) is 0 Å². The molecule has 0 unspecified atom stereocenters. The van der Waals surface area contributed by atoms with Gasteiger partial charge >= 0.3 is 14.4 Å². The molecule has 0 aliphatic heterocycles. The van der Waals surface area contributed by atoms with E-state index in [1.807, 2.05) is 0 Å². The minimum atomic E-state index is -1.96. The van der Waals surface area contributed by atoms with Gasteiger partial charge in [-0.25, -0.2) is 0 Å². The second-order valence-corrected chi connectivity index (χ2v) is 2.23. The smallest absolute Gasteiger partial charge is 0.424 e. The van der Waals surface area contributed by atoms with Gasteiger partial charge in [-0.15, -0.1) is 0 Å². The van der Waals surface area contributed by atoms with Crippen LogP contribution in [0.2, 0.25) is 0 Å². The molecule has 6 heteroatoms. The molecule has 1 aromatic rings. The van der Waals surface area contributed by atoms with E-state index in [0.717, 1.165) is 0 Å². The summed E-state index contributed by atoms with van der Waals surface area (Å²) < 4.78 is 4.30. The number of hydrogen-bond donors (Lipinski definition) is 3. The lowest BCUT2D eigenvalue weighted by molar-refractivity contribution is 0.268. The summed E-state index contributed by atoms with van der Waals surface area (Å²) in [6, 6.07) is 8.45. The van der Waals surface area contributed by atoms with Gasteiger partial charge in [-0.1, -0.05) is 30.3 Å². The minimum Gasteiger partial charge on any atom is -0.424 e. The van der Waals surface area contributed by atoms with Crippen LogP contribution >= 0.6 is 0 Å². The van der Waals surface area contributed by atoms with E-state index in [0.29, 0.717) is 5.46 Å². The van der Waals surface area contributed by atoms with Gasteiger partial charge < -0.3 is 19.6 Å². The summed E-state index contributed by atoms with van der Waals surface area (Å²) >= 11 is 0. The molecule has 0 aliphatic carbocycles. The van der Waals surface area contributed by atoms with Crippen molar-refractivity contribution in [3.8, 4) is 0 Å². The van der Waals surface area contributed by atoms with E-state index in [4.69, 9.17) is 15.1 Å². The van der Waals surface area contributed by atoms with Crippen molar-refractivity contribution in [3.63, 3.8) is 0 Å². The summed E-state index contributed by atoms with van der Waals surface area (Å²) in [6.07, 6.45) is 0. The summed E-state index contributed by atoms with van der Waals surface area (Å²) in [5.74, 6) is 0. The Balaban J connectivity index is 2.59. The zero-order valence-corrected chi connectivity index (χ0v) is 6.29. The lowest BCUT2D eigenvalue weighted by atomic mass is 9.78. The van der Waals surface area contributed by atoms with Gasteiger partial charge in [-0.05, 0) is 5.46 Å². The Morgan fingerprint density at radius 1 is 1.00 bits per heavy atom. The predicted molar refractivity (Wildman–Crippen MR) is 45.3 cm³/mol. The maximum atomic E-state index is 9.15. The topological polar surface area (TPSA) is 69.9 Å². The fourth-order valence-electron chi connectivity index (χ4n) is 0.812. The summed E-state index contributed by atoms with van der Waals surface area (Å²) in [5.41, 5.74) is 0.477. The average molecular weight is 166 g/mol. The van der Waals surface area contributed by atoms with E-state index in [1.165, 1.54) is 0 Å². The first kappa shape index (κ1) is 9.28. The van der Waals surface area contributed by atoms with Crippen LogP contribution in [0.3, 0.4) is 0 Å². The summed E-state index contributed by atoms with van der Waals surface area (Å²) in [4.78, 5) is 0. The zero-order valence-electron chi connectivity index (χ0n) is 6.29. The van der Waals surface area contributed by atoms with Crippen LogP contribution in [0.5, 0.6) is 0 Å². The van der Waals surface area contributed by atoms with Gasteiger partial charge in [0.25, 0.3) is 0 Å². The predicted octanol–water partition coefficient (Wildman–Crippen LogP) is -1.64. The molecule has 62 valence electrons. The highest BCUT2D eigenvalue weighted by Crippen LogP contribution is 1.88. The van der Waals surface area contributed by atoms with Gasteiger partial charge in [0.15, 0.2) is 0 Å². The Hall–Kier alpha value is -0.810. The molecule has 1 aromatic carbocycles. The van der Waals surface area contributed by atoms with Crippen LogP contribution in [0.25, 0.3) is 0 Å².